The van der Waals surface area contributed by atoms with Gasteiger partial charge >= 0.3 is 108 Å². The van der Waals surface area contributed by atoms with Gasteiger partial charge in [0.2, 0.25) is 23.7 Å². The van der Waals surface area contributed by atoms with E-state index in [9.17, 15) is 45.0 Å². The molecule has 36 heteroatoms. The number of allylic oxidation sites excluding steroid dienone is 2. The second-order valence-electron chi connectivity index (χ2n) is 30.7. The fraction of sp³-hybridized carbons (Fsp3) is 0.598. The average Bonchev–Trinajstić information content (AvgIpc) is 1.44. The predicted octanol–water partition coefficient (Wildman–Crippen LogP) is 23.5. The number of carbonyl (C=O) groups excluding carboxylic acids is 1. The Balaban J connectivity index is 0.000000186. The third-order valence-electron chi connectivity index (χ3n) is 20.8. The molecule has 8 aromatic rings. The number of thiazole rings is 4. The maximum Gasteiger partial charge on any atom is 0.248 e. The molecule has 4 saturated carbocycles. The Morgan fingerprint density at radius 2 is 0.729 bits per heavy atom. The van der Waals surface area contributed by atoms with Crippen LogP contribution in [0.2, 0.25) is 18.5 Å². The smallest absolute Gasteiger partial charge is 0.248 e. The molecule has 22 nitrogen and oxygen atoms in total. The zero-order valence-electron chi connectivity index (χ0n) is 70.2. The number of halogens is 9. The number of rotatable bonds is 29. The van der Waals surface area contributed by atoms with Gasteiger partial charge in [0, 0.05) is 127 Å². The average molecular weight is 1850 g/mol. The Hall–Kier alpha value is -7.12. The molecule has 0 amide bonds. The van der Waals surface area contributed by atoms with E-state index in [4.69, 9.17) is 30.5 Å². The van der Waals surface area contributed by atoms with E-state index in [0.29, 0.717) is 147 Å². The zero-order chi connectivity index (χ0) is 86.5. The minimum absolute atomic E-state index is 0.0812. The van der Waals surface area contributed by atoms with Crippen LogP contribution in [-0.4, -0.2) is 165 Å². The van der Waals surface area contributed by atoms with Gasteiger partial charge in [-0.2, -0.15) is 0 Å². The van der Waals surface area contributed by atoms with E-state index in [0.717, 1.165) is 28.3 Å². The van der Waals surface area contributed by atoms with Gasteiger partial charge in [-0.15, -0.1) is 45.3 Å². The first-order valence-corrected chi connectivity index (χ1v) is 51.5. The topological polar surface area (TPSA) is 277 Å². The molecular formula is C82H113ClF8N16O6S4Sn. The third kappa shape index (κ3) is 27.7. The van der Waals surface area contributed by atoms with Crippen LogP contribution in [0.1, 0.15) is 240 Å². The molecule has 0 aliphatic heterocycles. The summed E-state index contributed by atoms with van der Waals surface area (Å²) in [5, 5.41) is 33.2. The van der Waals surface area contributed by atoms with E-state index in [1.165, 1.54) is 112 Å². The number of nitrogens with zero attached hydrogens (tertiary/aromatic N) is 12. The van der Waals surface area contributed by atoms with Gasteiger partial charge in [0.25, 0.3) is 0 Å². The molecule has 1 atom stereocenters. The molecule has 0 saturated heterocycles. The van der Waals surface area contributed by atoms with Gasteiger partial charge in [0.05, 0.1) is 34.5 Å². The van der Waals surface area contributed by atoms with Crippen molar-refractivity contribution in [2.75, 3.05) is 49.7 Å². The summed E-state index contributed by atoms with van der Waals surface area (Å²) in [7, 11) is 5.91. The SMILES string of the molecule is C=C(C)c1nc(-c2nc(C)cs2)nc(NC2CCC(F)(F)CC2)c1OC.C=[C](C)[Sn]([CH2]CCC)([CH2]CCC)[CH2]CCC.COc1c(Cl)nc(-c2nc(C)cs2)nc1NC1CCC(F)(F)CC1.COc1c(NC2CCC(F)(F)CC2)nc(-c2nc(C)cs2)nc1C(C)=O.COc1c(NC2CCC(F)(F)CC2)nc(-c2nc(C)cs2)nc1C(C)O. The Morgan fingerprint density at radius 1 is 0.458 bits per heavy atom. The first kappa shape index (κ1) is 96.3. The van der Waals surface area contributed by atoms with Crippen LogP contribution in [0.4, 0.5) is 58.4 Å². The van der Waals surface area contributed by atoms with Gasteiger partial charge in [-0.3, -0.25) is 4.79 Å². The van der Waals surface area contributed by atoms with Gasteiger partial charge in [0.1, 0.15) is 11.4 Å². The number of hydrogen-bond acceptors (Lipinski definition) is 26. The van der Waals surface area contributed by atoms with E-state index in [2.05, 4.69) is 122 Å². The molecule has 8 heterocycles. The summed E-state index contributed by atoms with van der Waals surface area (Å²) >= 11 is 9.91. The van der Waals surface area contributed by atoms with Crippen LogP contribution >= 0.6 is 56.9 Å². The Kier molecular flexibility index (Phi) is 36.0. The van der Waals surface area contributed by atoms with Gasteiger partial charge in [-0.05, 0) is 98.5 Å². The van der Waals surface area contributed by atoms with Crippen LogP contribution < -0.4 is 40.2 Å². The summed E-state index contributed by atoms with van der Waals surface area (Å²) in [5.74, 6) is -6.05. The molecule has 0 bridgehead atoms. The van der Waals surface area contributed by atoms with Crippen molar-refractivity contribution in [1.82, 2.24) is 59.8 Å². The van der Waals surface area contributed by atoms with Crippen LogP contribution in [0.15, 0.2) is 38.3 Å². The molecule has 0 spiro atoms. The van der Waals surface area contributed by atoms with E-state index in [1.54, 1.807) is 30.9 Å². The number of ether oxygens (including phenoxy) is 4. The van der Waals surface area contributed by atoms with Crippen molar-refractivity contribution in [2.24, 2.45) is 0 Å². The van der Waals surface area contributed by atoms with Crippen LogP contribution in [0.3, 0.4) is 0 Å². The molecule has 648 valence electrons. The Labute approximate surface area is 712 Å². The summed E-state index contributed by atoms with van der Waals surface area (Å²) in [5.41, 5.74) is 5.26. The number of unbranched alkanes of at least 4 members (excludes halogenated alkanes) is 3. The van der Waals surface area contributed by atoms with Crippen LogP contribution in [0.5, 0.6) is 23.0 Å². The van der Waals surface area contributed by atoms with Crippen molar-refractivity contribution in [1.29, 1.82) is 0 Å². The van der Waals surface area contributed by atoms with Crippen molar-refractivity contribution >= 4 is 110 Å². The molecule has 8 aromatic heterocycles. The Bertz CT molecular complexity index is 4430. The molecular weight excluding hydrogens is 1740 g/mol. The van der Waals surface area contributed by atoms with Crippen molar-refractivity contribution in [3.05, 3.63) is 83.3 Å². The number of aliphatic hydroxyl groups excluding tert-OH is 1. The quantitative estimate of drug-likeness (QED) is 0.0126. The molecule has 12 rings (SSSR count). The van der Waals surface area contributed by atoms with Crippen LogP contribution in [-0.2, 0) is 0 Å². The molecule has 4 aliphatic carbocycles. The number of Topliss-reactive ketones (excluding diaryl/α,β-unsaturated/α-hetero) is 1. The molecule has 4 aliphatic rings. The number of alkyl halides is 8. The molecule has 0 radical (unpaired) electrons. The van der Waals surface area contributed by atoms with E-state index in [1.807, 2.05) is 56.1 Å². The maximum atomic E-state index is 13.4. The number of nitrogens with one attached hydrogen (secondary N) is 4. The first-order valence-electron chi connectivity index (χ1n) is 40.1. The summed E-state index contributed by atoms with van der Waals surface area (Å²) in [4.78, 5) is 65.0. The number of ketones is 1. The maximum absolute atomic E-state index is 13.4. The fourth-order valence-electron chi connectivity index (χ4n) is 14.0. The van der Waals surface area contributed by atoms with Crippen LogP contribution in [0, 0.1) is 27.7 Å². The second kappa shape index (κ2) is 44.1. The van der Waals surface area contributed by atoms with Gasteiger partial charge in [-0.25, -0.2) is 94.9 Å². The summed E-state index contributed by atoms with van der Waals surface area (Å²) in [6.45, 7) is 30.0. The van der Waals surface area contributed by atoms with Crippen LogP contribution in [0.25, 0.3) is 48.9 Å². The number of hydrogen-bond donors (Lipinski definition) is 5. The number of aliphatic hydroxyl groups is 1. The zero-order valence-corrected chi connectivity index (χ0v) is 77.1. The Morgan fingerprint density at radius 3 is 0.983 bits per heavy atom. The number of anilines is 4. The van der Waals surface area contributed by atoms with Crippen molar-refractivity contribution in [3.63, 3.8) is 0 Å². The number of aryl methyl sites for hydroxylation is 4. The van der Waals surface area contributed by atoms with E-state index >= 15 is 0 Å². The molecule has 0 aromatic carbocycles. The van der Waals surface area contributed by atoms with E-state index in [-0.39, 0.29) is 97.9 Å². The van der Waals surface area contributed by atoms with Gasteiger partial charge in [0.15, 0.2) is 106 Å². The van der Waals surface area contributed by atoms with Gasteiger partial charge < -0.3 is 45.3 Å². The van der Waals surface area contributed by atoms with Crippen molar-refractivity contribution < 1.29 is 64.0 Å². The molecule has 118 heavy (non-hydrogen) atoms. The normalized spacial score (nSPS) is 16.8. The largest absolute Gasteiger partial charge is 0.491 e. The molecule has 1 unspecified atom stereocenters. The number of aromatic nitrogens is 12. The summed E-state index contributed by atoms with van der Waals surface area (Å²) in [6.07, 6.45) is 9.25. The predicted molar refractivity (Wildman–Crippen MR) is 461 cm³/mol. The summed E-state index contributed by atoms with van der Waals surface area (Å²) < 4.78 is 135. The van der Waals surface area contributed by atoms with Crippen molar-refractivity contribution in [3.8, 4) is 66.3 Å². The third-order valence-corrected chi connectivity index (χ3v) is 41.3. The number of methoxy groups -OCH3 is 4. The minimum atomic E-state index is -2.61. The number of carbonyl (C=O) groups is 1. The minimum Gasteiger partial charge on any atom is -0.491 e. The summed E-state index contributed by atoms with van der Waals surface area (Å²) in [6, 6.07) is -0.479. The van der Waals surface area contributed by atoms with Gasteiger partial charge in [-0.1, -0.05) is 18.2 Å². The van der Waals surface area contributed by atoms with E-state index < -0.39 is 48.2 Å². The molecule has 5 N–H and O–H groups in total. The standard InChI is InChI=1S/C18H22F2N4OS.C17H22F2N4O2S.C17H20F2N4O2S.C15H17ClF2N4OS.3C4H9.C3H5.Sn/c1-10(2)13-14(25-4)15(22-12-5-7-18(19,20)8-6-12)24-16(23-13)17-21-11(3)9-26-17;2*1-9-8-26-16(20-9)15-22-12(10(2)24)13(25-3)14(23-15)21-11-4-6-17(18,19)7-5-11;1-8-7-24-14(19-8)13-21-11(16)10(23-2)12(22-13)20-9-3-5-15(17,18)6-4-9;3*1-3-4-2;1-3-2;/h9,12H,1,5-8H2,2-4H3,(H,22,23,24);8,10-11,24H,4-7H2,1-3H3,(H,21,22,23);8,11H,4-7H2,1-3H3,(H,21,22,23);7,9H,3-6H2,1-2H3,(H,20,21,22);3*1,3-4H2,2H3;1H2,2H3;. The first-order chi connectivity index (χ1) is 55.9. The second-order valence-corrected chi connectivity index (χ2v) is 48.6. The fourth-order valence-corrected chi connectivity index (χ4v) is 31.8. The monoisotopic (exact) mass is 1850 g/mol. The molecule has 4 fully saturated rings. The van der Waals surface area contributed by atoms with Crippen molar-refractivity contribution in [2.45, 2.75) is 285 Å².